The normalized spacial score (nSPS) is 17.5. The summed E-state index contributed by atoms with van der Waals surface area (Å²) >= 11 is 0. The number of nitrogens with zero attached hydrogens (tertiary/aromatic N) is 2. The first-order valence-electron chi connectivity index (χ1n) is 8.93. The fourth-order valence-corrected chi connectivity index (χ4v) is 5.53. The van der Waals surface area contributed by atoms with Crippen LogP contribution in [0.5, 0.6) is 0 Å². The average molecular weight is 435 g/mol. The molecule has 13 heteroatoms. The highest BCUT2D eigenvalue weighted by atomic mass is 32.3. The molecule has 1 aromatic rings. The molecule has 1 unspecified atom stereocenters. The molecule has 2 rings (SSSR count). The van der Waals surface area contributed by atoms with E-state index in [1.54, 1.807) is 12.1 Å². The molecule has 12 N–H and O–H groups in total. The van der Waals surface area contributed by atoms with Crippen molar-refractivity contribution >= 4 is 33.3 Å². The number of nitrogens with one attached hydrogen (secondary N) is 2. The van der Waals surface area contributed by atoms with Gasteiger partial charge in [0.05, 0.1) is 10.5 Å². The van der Waals surface area contributed by atoms with E-state index in [4.69, 9.17) is 22.4 Å². The molecule has 1 saturated heterocycles. The Kier molecular flexibility index (Phi) is 8.45. The zero-order valence-corrected chi connectivity index (χ0v) is 17.3. The van der Waals surface area contributed by atoms with Gasteiger partial charge < -0.3 is 16.4 Å². The fourth-order valence-electron chi connectivity index (χ4n) is 3.11. The van der Waals surface area contributed by atoms with Crippen molar-refractivity contribution < 1.29 is 13.3 Å². The molecule has 0 aromatic heterocycles. The summed E-state index contributed by atoms with van der Waals surface area (Å²) in [6.45, 7) is 2.38. The lowest BCUT2D eigenvalue weighted by Crippen LogP contribution is -2.34. The minimum atomic E-state index is -3.78. The number of benzene rings is 1. The smallest absolute Gasteiger partial charge is 0.156 e. The summed E-state index contributed by atoms with van der Waals surface area (Å²) < 4.78 is 36.3. The second-order valence-electron chi connectivity index (χ2n) is 6.36. The molecular weight excluding hydrogens is 404 g/mol. The minimum Gasteiger partial charge on any atom is -0.382 e. The molecule has 0 saturated carbocycles. The Bertz CT molecular complexity index is 720. The Hall–Kier alpha value is -1.45. The lowest BCUT2D eigenvalue weighted by Gasteiger charge is -2.35. The molecule has 1 heterocycles. The lowest BCUT2D eigenvalue weighted by atomic mass is 10.1. The van der Waals surface area contributed by atoms with Crippen LogP contribution in [0.15, 0.2) is 27.0 Å². The third kappa shape index (κ3) is 5.55. The lowest BCUT2D eigenvalue weighted by molar-refractivity contribution is 0.485. The molecule has 160 valence electrons. The highest BCUT2D eigenvalue weighted by molar-refractivity contribution is 8.22. The fraction of sp³-hybridized carbons (Fsp3) is 0.533. The summed E-state index contributed by atoms with van der Waals surface area (Å²) in [5.41, 5.74) is 14.5. The maximum absolute atomic E-state index is 12.8. The van der Waals surface area contributed by atoms with Gasteiger partial charge in [-0.15, -0.1) is 15.9 Å². The molecule has 1 atom stereocenters. The molecule has 0 amide bonds. The van der Waals surface area contributed by atoms with Gasteiger partial charge in [0.2, 0.25) is 0 Å². The molecule has 1 aliphatic heterocycles. The number of hydrazine groups is 1. The summed E-state index contributed by atoms with van der Waals surface area (Å²) in [4.78, 5) is 2.09. The molecule has 0 bridgehead atoms. The van der Waals surface area contributed by atoms with Gasteiger partial charge in [-0.1, -0.05) is 0 Å². The van der Waals surface area contributed by atoms with E-state index in [1.807, 2.05) is 0 Å². The molecule has 0 radical (unpaired) electrons. The zero-order chi connectivity index (χ0) is 20.7. The van der Waals surface area contributed by atoms with E-state index >= 15 is 0 Å². The van der Waals surface area contributed by atoms with Crippen molar-refractivity contribution in [2.45, 2.75) is 35.5 Å². The van der Waals surface area contributed by atoms with Gasteiger partial charge in [-0.2, -0.15) is 0 Å². The van der Waals surface area contributed by atoms with Crippen molar-refractivity contribution in [2.24, 2.45) is 27.6 Å². The standard InChI is InChI=1S/C15H30N8O3S2/c16-7-4-8-20-27(24)12-6-5-11(23-9-2-1-3-10-23)13(15(17)21-22-18)14(12)28(19,25)26/h5-6,20,22,25-26H,1-4,7-10,16,18-19H2,(H2,17,21). The number of piperidine rings is 1. The maximum atomic E-state index is 12.8. The zero-order valence-electron chi connectivity index (χ0n) is 15.6. The second kappa shape index (κ2) is 10.4. The van der Waals surface area contributed by atoms with Crippen LogP contribution in [-0.2, 0) is 11.0 Å². The van der Waals surface area contributed by atoms with Crippen LogP contribution in [0.3, 0.4) is 0 Å². The Morgan fingerprint density at radius 1 is 1.29 bits per heavy atom. The van der Waals surface area contributed by atoms with Crippen molar-refractivity contribution in [2.75, 3.05) is 31.1 Å². The number of nitrogens with two attached hydrogens (primary N) is 4. The van der Waals surface area contributed by atoms with Crippen molar-refractivity contribution in [1.29, 1.82) is 0 Å². The Morgan fingerprint density at radius 3 is 2.54 bits per heavy atom. The van der Waals surface area contributed by atoms with Crippen LogP contribution in [0.1, 0.15) is 31.2 Å². The number of hydrazone groups is 1. The highest BCUT2D eigenvalue weighted by Gasteiger charge is 2.30. The van der Waals surface area contributed by atoms with E-state index in [0.717, 1.165) is 32.4 Å². The number of amidine groups is 1. The number of hydrogen-bond acceptors (Lipinski definition) is 9. The van der Waals surface area contributed by atoms with Crippen molar-refractivity contribution in [1.82, 2.24) is 10.3 Å². The monoisotopic (exact) mass is 434 g/mol. The molecule has 1 fully saturated rings. The third-order valence-corrected chi connectivity index (χ3v) is 6.71. The Balaban J connectivity index is 2.63. The largest absolute Gasteiger partial charge is 0.382 e. The van der Waals surface area contributed by atoms with Crippen LogP contribution in [0.4, 0.5) is 5.69 Å². The van der Waals surface area contributed by atoms with E-state index < -0.39 is 21.8 Å². The van der Waals surface area contributed by atoms with E-state index in [9.17, 15) is 13.3 Å². The third-order valence-electron chi connectivity index (χ3n) is 4.35. The van der Waals surface area contributed by atoms with Gasteiger partial charge in [0.25, 0.3) is 0 Å². The van der Waals surface area contributed by atoms with Crippen molar-refractivity contribution in [3.8, 4) is 0 Å². The Labute approximate surface area is 168 Å². The SMILES string of the molecule is NCCCNS(=O)c1ccc(N2CCCCC2)c(/C(N)=N/NN)c1S(N)(O)O. The van der Waals surface area contributed by atoms with Crippen LogP contribution < -0.4 is 37.6 Å². The van der Waals surface area contributed by atoms with Crippen molar-refractivity contribution in [3.05, 3.63) is 17.7 Å². The van der Waals surface area contributed by atoms with E-state index in [2.05, 4.69) is 20.3 Å². The number of hydrogen-bond donors (Lipinski definition) is 8. The molecule has 0 spiro atoms. The van der Waals surface area contributed by atoms with E-state index in [-0.39, 0.29) is 21.2 Å². The molecule has 11 nitrogen and oxygen atoms in total. The van der Waals surface area contributed by atoms with E-state index in [0.29, 0.717) is 25.2 Å². The van der Waals surface area contributed by atoms with Crippen LogP contribution in [0.25, 0.3) is 0 Å². The molecule has 1 aromatic carbocycles. The van der Waals surface area contributed by atoms with Gasteiger partial charge in [0, 0.05) is 25.3 Å². The van der Waals surface area contributed by atoms with Crippen LogP contribution in [-0.4, -0.2) is 45.3 Å². The van der Waals surface area contributed by atoms with Crippen LogP contribution in [0.2, 0.25) is 0 Å². The maximum Gasteiger partial charge on any atom is 0.156 e. The van der Waals surface area contributed by atoms with Crippen molar-refractivity contribution in [3.63, 3.8) is 0 Å². The molecule has 1 aliphatic rings. The molecular formula is C15H30N8O3S2. The van der Waals surface area contributed by atoms with Crippen LogP contribution in [0, 0.1) is 0 Å². The van der Waals surface area contributed by atoms with Gasteiger partial charge in [0.1, 0.15) is 15.9 Å². The first-order valence-corrected chi connectivity index (χ1v) is 11.7. The number of rotatable bonds is 9. The molecule has 0 aliphatic carbocycles. The van der Waals surface area contributed by atoms with Gasteiger partial charge in [0.15, 0.2) is 5.84 Å². The molecule has 28 heavy (non-hydrogen) atoms. The van der Waals surface area contributed by atoms with E-state index in [1.165, 1.54) is 0 Å². The first kappa shape index (κ1) is 22.8. The summed E-state index contributed by atoms with van der Waals surface area (Å²) in [6.07, 6.45) is 3.72. The number of anilines is 1. The predicted molar refractivity (Wildman–Crippen MR) is 114 cm³/mol. The quantitative estimate of drug-likeness (QED) is 0.0844. The van der Waals surface area contributed by atoms with Gasteiger partial charge in [-0.25, -0.2) is 25.4 Å². The highest BCUT2D eigenvalue weighted by Crippen LogP contribution is 2.48. The van der Waals surface area contributed by atoms with Gasteiger partial charge >= 0.3 is 0 Å². The first-order chi connectivity index (χ1) is 13.3. The average Bonchev–Trinajstić information content (AvgIpc) is 2.67. The summed E-state index contributed by atoms with van der Waals surface area (Å²) in [6, 6.07) is 3.31. The van der Waals surface area contributed by atoms with Gasteiger partial charge in [-0.3, -0.25) is 9.11 Å². The van der Waals surface area contributed by atoms with Crippen LogP contribution >= 0.6 is 10.8 Å². The van der Waals surface area contributed by atoms with Gasteiger partial charge in [-0.05, 0) is 44.4 Å². The summed E-state index contributed by atoms with van der Waals surface area (Å²) in [5.74, 6) is 5.19. The topological polar surface area (TPSA) is 201 Å². The summed E-state index contributed by atoms with van der Waals surface area (Å²) in [5, 5.41) is 9.51. The minimum absolute atomic E-state index is 0.0793. The predicted octanol–water partition coefficient (Wildman–Crippen LogP) is -0.295. The Morgan fingerprint density at radius 2 is 1.96 bits per heavy atom. The second-order valence-corrected chi connectivity index (χ2v) is 9.22. The summed E-state index contributed by atoms with van der Waals surface area (Å²) in [7, 11) is -5.53.